The lowest BCUT2D eigenvalue weighted by atomic mass is 9.95. The first-order chi connectivity index (χ1) is 9.47. The van der Waals surface area contributed by atoms with Crippen molar-refractivity contribution >= 4 is 27.6 Å². The van der Waals surface area contributed by atoms with Gasteiger partial charge in [-0.05, 0) is 51.6 Å². The normalized spacial score (nSPS) is 26.5. The van der Waals surface area contributed by atoms with Crippen molar-refractivity contribution in [2.24, 2.45) is 0 Å². The topological polar surface area (TPSA) is 41.6 Å². The van der Waals surface area contributed by atoms with E-state index in [1.807, 2.05) is 38.2 Å². The Kier molecular flexibility index (Phi) is 4.70. The molecule has 0 saturated carbocycles. The molecule has 0 bridgehead atoms. The van der Waals surface area contributed by atoms with Crippen molar-refractivity contribution < 1.29 is 9.53 Å². The molecule has 2 unspecified atom stereocenters. The van der Waals surface area contributed by atoms with Crippen LogP contribution in [0.4, 0.5) is 5.69 Å². The summed E-state index contributed by atoms with van der Waals surface area (Å²) in [6.07, 6.45) is 0.748. The average Bonchev–Trinajstić information content (AvgIpc) is 2.69. The van der Waals surface area contributed by atoms with Crippen LogP contribution in [0, 0.1) is 0 Å². The molecule has 1 aliphatic rings. The molecule has 4 nitrogen and oxygen atoms in total. The first-order valence-corrected chi connectivity index (χ1v) is 7.67. The third kappa shape index (κ3) is 3.15. The Morgan fingerprint density at radius 1 is 1.50 bits per heavy atom. The Morgan fingerprint density at radius 2 is 2.15 bits per heavy atom. The third-order valence-electron chi connectivity index (χ3n) is 3.81. The van der Waals surface area contributed by atoms with Gasteiger partial charge in [0.25, 0.3) is 0 Å². The number of hydrogen-bond acceptors (Lipinski definition) is 4. The van der Waals surface area contributed by atoms with Crippen LogP contribution in [0.5, 0.6) is 0 Å². The molecule has 20 heavy (non-hydrogen) atoms. The number of rotatable bonds is 4. The maximum absolute atomic E-state index is 12.4. The smallest absolute Gasteiger partial charge is 0.333 e. The molecule has 0 aliphatic carbocycles. The van der Waals surface area contributed by atoms with Crippen molar-refractivity contribution in [2.75, 3.05) is 25.5 Å². The summed E-state index contributed by atoms with van der Waals surface area (Å²) in [6, 6.07) is 8.21. The summed E-state index contributed by atoms with van der Waals surface area (Å²) < 4.78 is 6.30. The molecule has 1 fully saturated rings. The van der Waals surface area contributed by atoms with Gasteiger partial charge in [-0.3, -0.25) is 0 Å². The van der Waals surface area contributed by atoms with E-state index >= 15 is 0 Å². The van der Waals surface area contributed by atoms with Gasteiger partial charge in [0, 0.05) is 22.7 Å². The number of esters is 1. The SMILES string of the molecule is CCOC(=O)C1(Nc2ccc(Br)cc2)CC(C)N(C)C1. The summed E-state index contributed by atoms with van der Waals surface area (Å²) >= 11 is 3.42. The van der Waals surface area contributed by atoms with Crippen LogP contribution in [0.25, 0.3) is 0 Å². The molecule has 1 aliphatic heterocycles. The van der Waals surface area contributed by atoms with Gasteiger partial charge in [-0.2, -0.15) is 0 Å². The zero-order chi connectivity index (χ0) is 14.8. The highest BCUT2D eigenvalue weighted by atomic mass is 79.9. The lowest BCUT2D eigenvalue weighted by Gasteiger charge is -2.29. The summed E-state index contributed by atoms with van der Waals surface area (Å²) in [5, 5.41) is 3.39. The van der Waals surface area contributed by atoms with Crippen LogP contribution in [-0.2, 0) is 9.53 Å². The van der Waals surface area contributed by atoms with E-state index in [4.69, 9.17) is 4.74 Å². The quantitative estimate of drug-likeness (QED) is 0.855. The number of ether oxygens (including phenoxy) is 1. The molecule has 1 aromatic carbocycles. The fraction of sp³-hybridized carbons (Fsp3) is 0.533. The highest BCUT2D eigenvalue weighted by molar-refractivity contribution is 9.10. The number of likely N-dealkylation sites (N-methyl/N-ethyl adjacent to an activating group) is 1. The van der Waals surface area contributed by atoms with Crippen LogP contribution in [0.3, 0.4) is 0 Å². The molecule has 0 aromatic heterocycles. The molecular weight excluding hydrogens is 320 g/mol. The number of hydrogen-bond donors (Lipinski definition) is 1. The van der Waals surface area contributed by atoms with Gasteiger partial charge in [0.1, 0.15) is 5.54 Å². The van der Waals surface area contributed by atoms with E-state index in [-0.39, 0.29) is 5.97 Å². The van der Waals surface area contributed by atoms with Crippen molar-refractivity contribution in [3.63, 3.8) is 0 Å². The second kappa shape index (κ2) is 6.14. The van der Waals surface area contributed by atoms with E-state index in [2.05, 4.69) is 33.1 Å². The van der Waals surface area contributed by atoms with Gasteiger partial charge in [0.05, 0.1) is 6.61 Å². The van der Waals surface area contributed by atoms with E-state index in [0.29, 0.717) is 19.2 Å². The molecular formula is C15H21BrN2O2. The van der Waals surface area contributed by atoms with Gasteiger partial charge in [-0.15, -0.1) is 0 Å². The standard InChI is InChI=1S/C15H21BrN2O2/c1-4-20-14(19)15(9-11(2)18(3)10-15)17-13-7-5-12(16)6-8-13/h5-8,11,17H,4,9-10H2,1-3H3. The maximum atomic E-state index is 12.4. The molecule has 2 atom stereocenters. The Hall–Kier alpha value is -1.07. The van der Waals surface area contributed by atoms with E-state index in [1.165, 1.54) is 0 Å². The van der Waals surface area contributed by atoms with E-state index in [0.717, 1.165) is 16.6 Å². The van der Waals surface area contributed by atoms with Crippen LogP contribution < -0.4 is 5.32 Å². The van der Waals surface area contributed by atoms with Crippen LogP contribution in [0.15, 0.2) is 28.7 Å². The number of halogens is 1. The molecule has 5 heteroatoms. The molecule has 0 amide bonds. The van der Waals surface area contributed by atoms with Crippen LogP contribution in [0.1, 0.15) is 20.3 Å². The lowest BCUT2D eigenvalue weighted by molar-refractivity contribution is -0.148. The number of nitrogens with zero attached hydrogens (tertiary/aromatic N) is 1. The minimum Gasteiger partial charge on any atom is -0.464 e. The minimum absolute atomic E-state index is 0.167. The molecule has 2 rings (SSSR count). The van der Waals surface area contributed by atoms with E-state index in [9.17, 15) is 4.79 Å². The van der Waals surface area contributed by atoms with Gasteiger partial charge >= 0.3 is 5.97 Å². The first kappa shape index (κ1) is 15.3. The predicted molar refractivity (Wildman–Crippen MR) is 83.8 cm³/mol. The van der Waals surface area contributed by atoms with Gasteiger partial charge < -0.3 is 15.0 Å². The summed E-state index contributed by atoms with van der Waals surface area (Å²) in [6.45, 7) is 5.03. The van der Waals surface area contributed by atoms with Crippen LogP contribution >= 0.6 is 15.9 Å². The van der Waals surface area contributed by atoms with Gasteiger partial charge in [0.2, 0.25) is 0 Å². The molecule has 1 saturated heterocycles. The maximum Gasteiger partial charge on any atom is 0.333 e. The number of carbonyl (C=O) groups excluding carboxylic acids is 1. The minimum atomic E-state index is -0.655. The summed E-state index contributed by atoms with van der Waals surface area (Å²) in [5.41, 5.74) is 0.279. The van der Waals surface area contributed by atoms with Crippen LogP contribution in [0.2, 0.25) is 0 Å². The number of likely N-dealkylation sites (tertiary alicyclic amines) is 1. The number of nitrogens with one attached hydrogen (secondary N) is 1. The third-order valence-corrected chi connectivity index (χ3v) is 4.34. The number of anilines is 1. The highest BCUT2D eigenvalue weighted by Crippen LogP contribution is 2.31. The number of carbonyl (C=O) groups is 1. The van der Waals surface area contributed by atoms with Crippen molar-refractivity contribution in [1.82, 2.24) is 4.90 Å². The van der Waals surface area contributed by atoms with E-state index in [1.54, 1.807) is 0 Å². The fourth-order valence-electron chi connectivity index (χ4n) is 2.67. The van der Waals surface area contributed by atoms with Crippen molar-refractivity contribution in [3.8, 4) is 0 Å². The Labute approximate surface area is 128 Å². The first-order valence-electron chi connectivity index (χ1n) is 6.88. The van der Waals surface area contributed by atoms with Gasteiger partial charge in [0.15, 0.2) is 0 Å². The van der Waals surface area contributed by atoms with Crippen molar-refractivity contribution in [1.29, 1.82) is 0 Å². The lowest BCUT2D eigenvalue weighted by Crippen LogP contribution is -2.49. The average molecular weight is 341 g/mol. The molecule has 0 radical (unpaired) electrons. The zero-order valence-electron chi connectivity index (χ0n) is 12.1. The van der Waals surface area contributed by atoms with Crippen LogP contribution in [-0.4, -0.2) is 42.6 Å². The zero-order valence-corrected chi connectivity index (χ0v) is 13.7. The summed E-state index contributed by atoms with van der Waals surface area (Å²) in [4.78, 5) is 14.6. The molecule has 1 aromatic rings. The monoisotopic (exact) mass is 340 g/mol. The Bertz CT molecular complexity index is 465. The molecule has 110 valence electrons. The van der Waals surface area contributed by atoms with Crippen molar-refractivity contribution in [2.45, 2.75) is 31.8 Å². The Morgan fingerprint density at radius 3 is 2.65 bits per heavy atom. The summed E-state index contributed by atoms with van der Waals surface area (Å²) in [7, 11) is 2.04. The summed E-state index contributed by atoms with van der Waals surface area (Å²) in [5.74, 6) is -0.167. The second-order valence-electron chi connectivity index (χ2n) is 5.40. The number of benzene rings is 1. The van der Waals surface area contributed by atoms with Crippen molar-refractivity contribution in [3.05, 3.63) is 28.7 Å². The highest BCUT2D eigenvalue weighted by Gasteiger charge is 2.48. The van der Waals surface area contributed by atoms with E-state index < -0.39 is 5.54 Å². The Balaban J connectivity index is 2.23. The second-order valence-corrected chi connectivity index (χ2v) is 6.32. The fourth-order valence-corrected chi connectivity index (χ4v) is 2.94. The molecule has 1 heterocycles. The van der Waals surface area contributed by atoms with Gasteiger partial charge in [-0.1, -0.05) is 15.9 Å². The van der Waals surface area contributed by atoms with Gasteiger partial charge in [-0.25, -0.2) is 4.79 Å². The largest absolute Gasteiger partial charge is 0.464 e. The molecule has 0 spiro atoms. The predicted octanol–water partition coefficient (Wildman–Crippen LogP) is 2.89. The molecule has 1 N–H and O–H groups in total.